The van der Waals surface area contributed by atoms with Crippen molar-refractivity contribution in [2.45, 2.75) is 31.6 Å². The van der Waals surface area contributed by atoms with Gasteiger partial charge in [-0.25, -0.2) is 12.8 Å². The zero-order chi connectivity index (χ0) is 25.2. The summed E-state index contributed by atoms with van der Waals surface area (Å²) in [6.45, 7) is 7.31. The molecule has 0 N–H and O–H groups in total. The summed E-state index contributed by atoms with van der Waals surface area (Å²) >= 11 is 0. The van der Waals surface area contributed by atoms with Crippen LogP contribution in [0.25, 0.3) is 0 Å². The molecule has 7 nitrogen and oxygen atoms in total. The van der Waals surface area contributed by atoms with Crippen LogP contribution in [-0.2, 0) is 9.84 Å². The van der Waals surface area contributed by atoms with Gasteiger partial charge in [0.15, 0.2) is 9.84 Å². The van der Waals surface area contributed by atoms with Crippen LogP contribution in [0.4, 0.5) is 15.8 Å². The summed E-state index contributed by atoms with van der Waals surface area (Å²) in [5.41, 5.74) is 1.89. The molecule has 0 unspecified atom stereocenters. The standard InChI is InChI=1S/C26H31FN4O3S/c1-19(2)18-35(33,34)22-7-8-25(30-9-3-4-10-30)23(16-22)26(32)31-13-11-29(12-14-31)21-6-5-20(17-28)24(27)15-21/h5-8,15-16,19H,3-4,9-14,18H2,1-2H3. The van der Waals surface area contributed by atoms with Gasteiger partial charge in [0.1, 0.15) is 11.9 Å². The van der Waals surface area contributed by atoms with Gasteiger partial charge in [0, 0.05) is 50.6 Å². The molecule has 0 aromatic heterocycles. The van der Waals surface area contributed by atoms with Crippen molar-refractivity contribution in [2.24, 2.45) is 5.92 Å². The molecule has 9 heteroatoms. The molecule has 0 saturated carbocycles. The Morgan fingerprint density at radius 1 is 1.00 bits per heavy atom. The Morgan fingerprint density at radius 2 is 1.69 bits per heavy atom. The van der Waals surface area contributed by atoms with Crippen molar-refractivity contribution in [3.8, 4) is 6.07 Å². The lowest BCUT2D eigenvalue weighted by Gasteiger charge is -2.36. The molecule has 2 aromatic carbocycles. The Bertz CT molecular complexity index is 1240. The number of nitriles is 1. The summed E-state index contributed by atoms with van der Waals surface area (Å²) in [6, 6.07) is 11.3. The highest BCUT2D eigenvalue weighted by Crippen LogP contribution is 2.30. The predicted molar refractivity (Wildman–Crippen MR) is 134 cm³/mol. The second-order valence-electron chi connectivity index (χ2n) is 9.60. The first kappa shape index (κ1) is 25.0. The van der Waals surface area contributed by atoms with Gasteiger partial charge in [-0.1, -0.05) is 13.8 Å². The zero-order valence-electron chi connectivity index (χ0n) is 20.2. The second kappa shape index (κ2) is 10.2. The van der Waals surface area contributed by atoms with Crippen LogP contribution in [0, 0.1) is 23.1 Å². The molecule has 0 bridgehead atoms. The fraction of sp³-hybridized carbons (Fsp3) is 0.462. The van der Waals surface area contributed by atoms with Crippen LogP contribution in [0.2, 0.25) is 0 Å². The number of hydrogen-bond donors (Lipinski definition) is 0. The van der Waals surface area contributed by atoms with Crippen LogP contribution in [0.3, 0.4) is 0 Å². The second-order valence-corrected chi connectivity index (χ2v) is 11.6. The number of piperazine rings is 1. The van der Waals surface area contributed by atoms with Gasteiger partial charge in [0.05, 0.1) is 21.8 Å². The van der Waals surface area contributed by atoms with Gasteiger partial charge in [-0.3, -0.25) is 4.79 Å². The van der Waals surface area contributed by atoms with Crippen molar-refractivity contribution < 1.29 is 17.6 Å². The molecule has 0 atom stereocenters. The van der Waals surface area contributed by atoms with E-state index >= 15 is 0 Å². The molecule has 2 aliphatic heterocycles. The molecular formula is C26H31FN4O3S. The fourth-order valence-corrected chi connectivity index (χ4v) is 6.42. The minimum Gasteiger partial charge on any atom is -0.371 e. The summed E-state index contributed by atoms with van der Waals surface area (Å²) in [5, 5.41) is 8.95. The van der Waals surface area contributed by atoms with Crippen LogP contribution in [0.1, 0.15) is 42.6 Å². The van der Waals surface area contributed by atoms with Crippen LogP contribution in [0.15, 0.2) is 41.3 Å². The third-order valence-corrected chi connectivity index (χ3v) is 8.64. The minimum atomic E-state index is -3.50. The summed E-state index contributed by atoms with van der Waals surface area (Å²) < 4.78 is 39.9. The van der Waals surface area contributed by atoms with Crippen molar-refractivity contribution in [3.63, 3.8) is 0 Å². The monoisotopic (exact) mass is 498 g/mol. The third-order valence-electron chi connectivity index (χ3n) is 6.56. The van der Waals surface area contributed by atoms with Gasteiger partial charge >= 0.3 is 0 Å². The first-order chi connectivity index (χ1) is 16.7. The summed E-state index contributed by atoms with van der Waals surface area (Å²) in [4.78, 5) is 19.7. The topological polar surface area (TPSA) is 84.7 Å². The normalized spacial score (nSPS) is 16.6. The van der Waals surface area contributed by atoms with Gasteiger partial charge in [-0.15, -0.1) is 0 Å². The number of hydrogen-bond acceptors (Lipinski definition) is 6. The third kappa shape index (κ3) is 5.43. The molecule has 0 aliphatic carbocycles. The van der Waals surface area contributed by atoms with Crippen LogP contribution in [-0.4, -0.2) is 64.2 Å². The Hall–Kier alpha value is -3.12. The SMILES string of the molecule is CC(C)CS(=O)(=O)c1ccc(N2CCCC2)c(C(=O)N2CCN(c3ccc(C#N)c(F)c3)CC2)c1. The molecule has 2 fully saturated rings. The van der Waals surface area contributed by atoms with E-state index in [1.54, 1.807) is 29.2 Å². The predicted octanol–water partition coefficient (Wildman–Crippen LogP) is 3.69. The van der Waals surface area contributed by atoms with E-state index < -0.39 is 15.7 Å². The van der Waals surface area contributed by atoms with E-state index in [1.165, 1.54) is 12.1 Å². The number of halogens is 1. The molecule has 2 saturated heterocycles. The quantitative estimate of drug-likeness (QED) is 0.604. The molecule has 0 spiro atoms. The van der Waals surface area contributed by atoms with Crippen molar-refractivity contribution >= 4 is 27.1 Å². The first-order valence-corrected chi connectivity index (χ1v) is 13.7. The number of nitrogens with zero attached hydrogens (tertiary/aromatic N) is 4. The number of rotatable bonds is 6. The van der Waals surface area contributed by atoms with E-state index in [2.05, 4.69) is 4.90 Å². The lowest BCUT2D eigenvalue weighted by molar-refractivity contribution is 0.0747. The van der Waals surface area contributed by atoms with Crippen LogP contribution < -0.4 is 9.80 Å². The average Bonchev–Trinajstić information content (AvgIpc) is 3.37. The maximum Gasteiger partial charge on any atom is 0.256 e. The van der Waals surface area contributed by atoms with Gasteiger partial charge in [-0.05, 0) is 55.2 Å². The molecule has 35 heavy (non-hydrogen) atoms. The van der Waals surface area contributed by atoms with Crippen molar-refractivity contribution in [1.29, 1.82) is 5.26 Å². The smallest absolute Gasteiger partial charge is 0.256 e. The minimum absolute atomic E-state index is 0.00399. The van der Waals surface area contributed by atoms with E-state index in [4.69, 9.17) is 5.26 Å². The van der Waals surface area contributed by atoms with E-state index in [0.717, 1.165) is 31.6 Å². The summed E-state index contributed by atoms with van der Waals surface area (Å²) in [7, 11) is -3.50. The lowest BCUT2D eigenvalue weighted by Crippen LogP contribution is -2.49. The van der Waals surface area contributed by atoms with Gasteiger partial charge in [-0.2, -0.15) is 5.26 Å². The molecular weight excluding hydrogens is 467 g/mol. The number of anilines is 2. The van der Waals surface area contributed by atoms with E-state index in [0.29, 0.717) is 37.4 Å². The zero-order valence-corrected chi connectivity index (χ0v) is 21.0. The molecule has 2 aliphatic rings. The van der Waals surface area contributed by atoms with Gasteiger partial charge < -0.3 is 14.7 Å². The molecule has 4 rings (SSSR count). The number of amides is 1. The number of carbonyl (C=O) groups excluding carboxylic acids is 1. The number of benzene rings is 2. The Balaban J connectivity index is 1.56. The molecule has 186 valence electrons. The first-order valence-electron chi connectivity index (χ1n) is 12.1. The highest BCUT2D eigenvalue weighted by atomic mass is 32.2. The average molecular weight is 499 g/mol. The number of carbonyl (C=O) groups is 1. The fourth-order valence-electron chi connectivity index (χ4n) is 4.78. The van der Waals surface area contributed by atoms with E-state index in [9.17, 15) is 17.6 Å². The van der Waals surface area contributed by atoms with Gasteiger partial charge in [0.25, 0.3) is 5.91 Å². The molecule has 2 aromatic rings. The van der Waals surface area contributed by atoms with Crippen molar-refractivity contribution in [1.82, 2.24) is 4.90 Å². The Morgan fingerprint density at radius 3 is 2.29 bits per heavy atom. The molecule has 0 radical (unpaired) electrons. The summed E-state index contributed by atoms with van der Waals surface area (Å²) in [5.74, 6) is -0.723. The maximum absolute atomic E-state index is 14.1. The van der Waals surface area contributed by atoms with Crippen LogP contribution in [0.5, 0.6) is 0 Å². The van der Waals surface area contributed by atoms with E-state index in [1.807, 2.05) is 24.8 Å². The van der Waals surface area contributed by atoms with Crippen molar-refractivity contribution in [3.05, 3.63) is 53.3 Å². The number of sulfone groups is 1. The van der Waals surface area contributed by atoms with Crippen molar-refractivity contribution in [2.75, 3.05) is 54.8 Å². The Labute approximate surface area is 206 Å². The maximum atomic E-state index is 14.1. The van der Waals surface area contributed by atoms with Crippen LogP contribution >= 0.6 is 0 Å². The summed E-state index contributed by atoms with van der Waals surface area (Å²) in [6.07, 6.45) is 2.09. The lowest BCUT2D eigenvalue weighted by atomic mass is 10.1. The highest BCUT2D eigenvalue weighted by molar-refractivity contribution is 7.91. The Kier molecular flexibility index (Phi) is 7.31. The molecule has 1 amide bonds. The van der Waals surface area contributed by atoms with Gasteiger partial charge in [0.2, 0.25) is 0 Å². The highest BCUT2D eigenvalue weighted by Gasteiger charge is 2.28. The molecule has 2 heterocycles. The van der Waals surface area contributed by atoms with E-state index in [-0.39, 0.29) is 28.0 Å². The largest absolute Gasteiger partial charge is 0.371 e.